The second-order valence-corrected chi connectivity index (χ2v) is 7.94. The number of fused-ring (bicyclic) bond motifs is 1. The summed E-state index contributed by atoms with van der Waals surface area (Å²) in [6.07, 6.45) is 3.18. The minimum absolute atomic E-state index is 0.274. The Morgan fingerprint density at radius 3 is 2.42 bits per heavy atom. The maximum Gasteiger partial charge on any atom is 0.291 e. The molecule has 0 bridgehead atoms. The van der Waals surface area contributed by atoms with Crippen LogP contribution in [0.15, 0.2) is 58.0 Å². The lowest BCUT2D eigenvalue weighted by molar-refractivity contribution is 0.0953. The van der Waals surface area contributed by atoms with Crippen molar-refractivity contribution in [2.75, 3.05) is 12.4 Å². The maximum atomic E-state index is 12.9. The fraction of sp³-hybridized carbons (Fsp3) is 0.269. The van der Waals surface area contributed by atoms with E-state index in [1.165, 1.54) is 5.56 Å². The number of hydrogen-bond acceptors (Lipinski definition) is 5. The molecule has 2 aromatic carbocycles. The SMILES string of the molecule is CCc1ccc(NC(=O)c2oc3c(c2C)/C(=N/NC(=O)c2ccc(OC)cc2)CCC3)cc1. The van der Waals surface area contributed by atoms with Crippen LogP contribution in [-0.2, 0) is 12.8 Å². The van der Waals surface area contributed by atoms with Gasteiger partial charge in [0.1, 0.15) is 11.5 Å². The molecule has 1 heterocycles. The fourth-order valence-corrected chi connectivity index (χ4v) is 3.93. The number of hydrogen-bond donors (Lipinski definition) is 2. The number of aryl methyl sites for hydroxylation is 2. The van der Waals surface area contributed by atoms with Crippen LogP contribution in [0, 0.1) is 6.92 Å². The minimum Gasteiger partial charge on any atom is -0.497 e. The third-order valence-electron chi connectivity index (χ3n) is 5.80. The molecule has 0 unspecified atom stereocenters. The van der Waals surface area contributed by atoms with E-state index in [0.717, 1.165) is 36.1 Å². The summed E-state index contributed by atoms with van der Waals surface area (Å²) in [5.41, 5.74) is 7.28. The Morgan fingerprint density at radius 2 is 1.76 bits per heavy atom. The van der Waals surface area contributed by atoms with Gasteiger partial charge in [-0.2, -0.15) is 5.10 Å². The molecule has 2 amide bonds. The van der Waals surface area contributed by atoms with Gasteiger partial charge in [0.05, 0.1) is 12.8 Å². The molecule has 0 atom stereocenters. The molecule has 33 heavy (non-hydrogen) atoms. The van der Waals surface area contributed by atoms with Crippen LogP contribution in [0.25, 0.3) is 0 Å². The molecule has 170 valence electrons. The maximum absolute atomic E-state index is 12.9. The molecule has 0 spiro atoms. The van der Waals surface area contributed by atoms with Gasteiger partial charge in [0, 0.05) is 28.8 Å². The average Bonchev–Trinajstić information content (AvgIpc) is 3.20. The lowest BCUT2D eigenvalue weighted by Crippen LogP contribution is -2.22. The quantitative estimate of drug-likeness (QED) is 0.529. The summed E-state index contributed by atoms with van der Waals surface area (Å²) in [5.74, 6) is 1.06. The zero-order chi connectivity index (χ0) is 23.4. The summed E-state index contributed by atoms with van der Waals surface area (Å²) >= 11 is 0. The van der Waals surface area contributed by atoms with Crippen molar-refractivity contribution in [3.63, 3.8) is 0 Å². The summed E-state index contributed by atoms with van der Waals surface area (Å²) in [6.45, 7) is 3.94. The minimum atomic E-state index is -0.313. The van der Waals surface area contributed by atoms with E-state index >= 15 is 0 Å². The number of benzene rings is 2. The van der Waals surface area contributed by atoms with E-state index in [1.807, 2.05) is 31.2 Å². The van der Waals surface area contributed by atoms with Gasteiger partial charge < -0.3 is 14.5 Å². The molecule has 1 aliphatic carbocycles. The fourth-order valence-electron chi connectivity index (χ4n) is 3.93. The zero-order valence-corrected chi connectivity index (χ0v) is 19.0. The average molecular weight is 446 g/mol. The van der Waals surface area contributed by atoms with E-state index in [2.05, 4.69) is 22.8 Å². The van der Waals surface area contributed by atoms with Gasteiger partial charge in [-0.25, -0.2) is 5.43 Å². The molecule has 1 aliphatic rings. The van der Waals surface area contributed by atoms with E-state index in [0.29, 0.717) is 29.1 Å². The highest BCUT2D eigenvalue weighted by Gasteiger charge is 2.28. The largest absolute Gasteiger partial charge is 0.497 e. The van der Waals surface area contributed by atoms with Crippen molar-refractivity contribution in [2.24, 2.45) is 5.10 Å². The Balaban J connectivity index is 1.52. The van der Waals surface area contributed by atoms with E-state index in [4.69, 9.17) is 9.15 Å². The highest BCUT2D eigenvalue weighted by Crippen LogP contribution is 2.30. The van der Waals surface area contributed by atoms with Gasteiger partial charge in [-0.05, 0) is 68.1 Å². The third-order valence-corrected chi connectivity index (χ3v) is 5.80. The first kappa shape index (κ1) is 22.3. The van der Waals surface area contributed by atoms with E-state index < -0.39 is 0 Å². The molecule has 1 aromatic heterocycles. The van der Waals surface area contributed by atoms with E-state index in [-0.39, 0.29) is 17.6 Å². The molecular formula is C26H27N3O4. The van der Waals surface area contributed by atoms with E-state index in [9.17, 15) is 9.59 Å². The van der Waals surface area contributed by atoms with Gasteiger partial charge in [-0.15, -0.1) is 0 Å². The normalized spacial score (nSPS) is 14.0. The lowest BCUT2D eigenvalue weighted by Gasteiger charge is -2.13. The number of carbonyl (C=O) groups is 2. The monoisotopic (exact) mass is 445 g/mol. The van der Waals surface area contributed by atoms with Gasteiger partial charge in [0.25, 0.3) is 11.8 Å². The van der Waals surface area contributed by atoms with Crippen LogP contribution < -0.4 is 15.5 Å². The molecule has 0 radical (unpaired) electrons. The first-order valence-corrected chi connectivity index (χ1v) is 11.0. The molecule has 0 saturated carbocycles. The zero-order valence-electron chi connectivity index (χ0n) is 19.0. The molecule has 2 N–H and O–H groups in total. The summed E-state index contributed by atoms with van der Waals surface area (Å²) < 4.78 is 11.1. The predicted octanol–water partition coefficient (Wildman–Crippen LogP) is 4.88. The third kappa shape index (κ3) is 4.82. The number of furan rings is 1. The summed E-state index contributed by atoms with van der Waals surface area (Å²) in [6, 6.07) is 14.6. The van der Waals surface area contributed by atoms with Gasteiger partial charge in [0.15, 0.2) is 5.76 Å². The number of ether oxygens (including phenoxy) is 1. The van der Waals surface area contributed by atoms with Crippen LogP contribution in [0.3, 0.4) is 0 Å². The Kier molecular flexibility index (Phi) is 6.58. The van der Waals surface area contributed by atoms with Crippen molar-refractivity contribution >= 4 is 23.2 Å². The Morgan fingerprint density at radius 1 is 1.03 bits per heavy atom. The topological polar surface area (TPSA) is 92.9 Å². The molecule has 0 saturated heterocycles. The second-order valence-electron chi connectivity index (χ2n) is 7.94. The van der Waals surface area contributed by atoms with Crippen molar-refractivity contribution in [1.82, 2.24) is 5.43 Å². The first-order chi connectivity index (χ1) is 16.0. The highest BCUT2D eigenvalue weighted by molar-refractivity contribution is 6.09. The van der Waals surface area contributed by atoms with Gasteiger partial charge in [-0.1, -0.05) is 19.1 Å². The summed E-state index contributed by atoms with van der Waals surface area (Å²) in [7, 11) is 1.57. The van der Waals surface area contributed by atoms with Crippen molar-refractivity contribution < 1.29 is 18.7 Å². The molecule has 3 aromatic rings. The van der Waals surface area contributed by atoms with Crippen LogP contribution in [0.2, 0.25) is 0 Å². The first-order valence-electron chi connectivity index (χ1n) is 11.0. The second kappa shape index (κ2) is 9.73. The summed E-state index contributed by atoms with van der Waals surface area (Å²) in [4.78, 5) is 25.4. The van der Waals surface area contributed by atoms with Crippen LogP contribution in [-0.4, -0.2) is 24.6 Å². The lowest BCUT2D eigenvalue weighted by atomic mass is 9.93. The molecule has 7 nitrogen and oxygen atoms in total. The van der Waals surface area contributed by atoms with Crippen molar-refractivity contribution in [1.29, 1.82) is 0 Å². The molecule has 0 aliphatic heterocycles. The molecule has 4 rings (SSSR count). The van der Waals surface area contributed by atoms with Gasteiger partial charge in [-0.3, -0.25) is 9.59 Å². The van der Waals surface area contributed by atoms with E-state index in [1.54, 1.807) is 31.4 Å². The summed E-state index contributed by atoms with van der Waals surface area (Å²) in [5, 5.41) is 7.28. The number of hydrazone groups is 1. The molecule has 7 heteroatoms. The van der Waals surface area contributed by atoms with Gasteiger partial charge >= 0.3 is 0 Å². The number of methoxy groups -OCH3 is 1. The van der Waals surface area contributed by atoms with Crippen LogP contribution in [0.1, 0.15) is 63.1 Å². The number of rotatable bonds is 6. The van der Waals surface area contributed by atoms with Crippen molar-refractivity contribution in [2.45, 2.75) is 39.5 Å². The standard InChI is InChI=1S/C26H27N3O4/c1-4-17-8-12-19(13-9-17)27-26(31)24-16(2)23-21(6-5-7-22(23)33-24)28-29-25(30)18-10-14-20(32-3)15-11-18/h8-15H,4-7H2,1-3H3,(H,27,31)(H,29,30)/b28-21+. The van der Waals surface area contributed by atoms with Crippen LogP contribution in [0.5, 0.6) is 5.75 Å². The van der Waals surface area contributed by atoms with Gasteiger partial charge in [0.2, 0.25) is 0 Å². The van der Waals surface area contributed by atoms with Crippen LogP contribution in [0.4, 0.5) is 5.69 Å². The number of nitrogens with zero attached hydrogens (tertiary/aromatic N) is 1. The van der Waals surface area contributed by atoms with Crippen molar-refractivity contribution in [3.8, 4) is 5.75 Å². The number of anilines is 1. The molecular weight excluding hydrogens is 418 g/mol. The predicted molar refractivity (Wildman–Crippen MR) is 127 cm³/mol. The Bertz CT molecular complexity index is 1190. The smallest absolute Gasteiger partial charge is 0.291 e. The molecule has 0 fully saturated rings. The van der Waals surface area contributed by atoms with Crippen LogP contribution >= 0.6 is 0 Å². The number of carbonyl (C=O) groups excluding carboxylic acids is 2. The Hall–Kier alpha value is -3.87. The number of amides is 2. The highest BCUT2D eigenvalue weighted by atomic mass is 16.5. The van der Waals surface area contributed by atoms with Crippen molar-refractivity contribution in [3.05, 3.63) is 82.3 Å². The number of nitrogens with one attached hydrogen (secondary N) is 2. The Labute approximate surface area is 192 Å².